The second-order valence-corrected chi connectivity index (χ2v) is 3.47. The minimum absolute atomic E-state index is 0.0428. The van der Waals surface area contributed by atoms with Gasteiger partial charge in [-0.25, -0.2) is 0 Å². The summed E-state index contributed by atoms with van der Waals surface area (Å²) in [6.45, 7) is 0.253. The van der Waals surface area contributed by atoms with Gasteiger partial charge >= 0.3 is 0 Å². The van der Waals surface area contributed by atoms with Gasteiger partial charge in [0.25, 0.3) is 0 Å². The first-order chi connectivity index (χ1) is 8.80. The van der Waals surface area contributed by atoms with E-state index >= 15 is 0 Å². The summed E-state index contributed by atoms with van der Waals surface area (Å²) in [6.07, 6.45) is 0. The van der Waals surface area contributed by atoms with Crippen LogP contribution < -0.4 is 9.47 Å². The molecule has 1 heterocycles. The standard InChI is InChI=1S/C11H14N4O3/c1-17-8-4-3-5-9(18-2)10(8)11-12-14-15(13-11)6-7-16/h3-5,16H,6-7H2,1-2H3. The molecule has 96 valence electrons. The van der Waals surface area contributed by atoms with Gasteiger partial charge in [0.2, 0.25) is 5.82 Å². The molecule has 0 aliphatic heterocycles. The van der Waals surface area contributed by atoms with Crippen LogP contribution in [0, 0.1) is 0 Å². The number of ether oxygens (including phenoxy) is 2. The van der Waals surface area contributed by atoms with E-state index in [0.29, 0.717) is 29.4 Å². The Labute approximate surface area is 104 Å². The van der Waals surface area contributed by atoms with Crippen molar-refractivity contribution in [2.75, 3.05) is 20.8 Å². The molecule has 0 radical (unpaired) electrons. The third kappa shape index (κ3) is 2.25. The Hall–Kier alpha value is -2.15. The third-order valence-electron chi connectivity index (χ3n) is 2.40. The Morgan fingerprint density at radius 1 is 1.22 bits per heavy atom. The van der Waals surface area contributed by atoms with E-state index in [1.54, 1.807) is 26.4 Å². The van der Waals surface area contributed by atoms with Gasteiger partial charge in [-0.2, -0.15) is 4.80 Å². The van der Waals surface area contributed by atoms with Crippen LogP contribution in [0.1, 0.15) is 0 Å². The molecule has 1 aromatic heterocycles. The summed E-state index contributed by atoms with van der Waals surface area (Å²) in [6, 6.07) is 5.41. The third-order valence-corrected chi connectivity index (χ3v) is 2.40. The number of methoxy groups -OCH3 is 2. The lowest BCUT2D eigenvalue weighted by Crippen LogP contribution is -2.05. The van der Waals surface area contributed by atoms with E-state index in [2.05, 4.69) is 15.4 Å². The van der Waals surface area contributed by atoms with Crippen LogP contribution in [-0.4, -0.2) is 46.1 Å². The molecule has 0 fully saturated rings. The molecule has 2 rings (SSSR count). The smallest absolute Gasteiger partial charge is 0.212 e. The maximum atomic E-state index is 8.82. The van der Waals surface area contributed by atoms with E-state index in [-0.39, 0.29) is 6.61 Å². The highest BCUT2D eigenvalue weighted by Gasteiger charge is 2.17. The molecule has 0 aliphatic carbocycles. The number of rotatable bonds is 5. The Morgan fingerprint density at radius 2 is 1.89 bits per heavy atom. The van der Waals surface area contributed by atoms with E-state index in [4.69, 9.17) is 14.6 Å². The maximum Gasteiger partial charge on any atom is 0.212 e. The van der Waals surface area contributed by atoms with Gasteiger partial charge in [-0.1, -0.05) is 6.07 Å². The molecule has 7 heteroatoms. The normalized spacial score (nSPS) is 10.4. The van der Waals surface area contributed by atoms with Crippen LogP contribution in [0.15, 0.2) is 18.2 Å². The van der Waals surface area contributed by atoms with E-state index in [1.165, 1.54) is 4.80 Å². The molecular formula is C11H14N4O3. The van der Waals surface area contributed by atoms with Crippen molar-refractivity contribution in [1.29, 1.82) is 0 Å². The Morgan fingerprint density at radius 3 is 2.44 bits per heavy atom. The SMILES string of the molecule is COc1cccc(OC)c1-c1nnn(CCO)n1. The molecule has 0 spiro atoms. The fourth-order valence-electron chi connectivity index (χ4n) is 1.60. The van der Waals surface area contributed by atoms with Crippen molar-refractivity contribution in [3.63, 3.8) is 0 Å². The number of nitrogens with zero attached hydrogens (tertiary/aromatic N) is 4. The molecule has 1 N–H and O–H groups in total. The summed E-state index contributed by atoms with van der Waals surface area (Å²) < 4.78 is 10.5. The lowest BCUT2D eigenvalue weighted by atomic mass is 10.1. The highest BCUT2D eigenvalue weighted by atomic mass is 16.5. The van der Waals surface area contributed by atoms with E-state index in [0.717, 1.165) is 0 Å². The Balaban J connectivity index is 2.47. The molecule has 2 aromatic rings. The minimum Gasteiger partial charge on any atom is -0.496 e. The number of aliphatic hydroxyl groups excluding tert-OH is 1. The maximum absolute atomic E-state index is 8.82. The zero-order chi connectivity index (χ0) is 13.0. The van der Waals surface area contributed by atoms with Crippen molar-refractivity contribution < 1.29 is 14.6 Å². The number of hydrogen-bond acceptors (Lipinski definition) is 6. The van der Waals surface area contributed by atoms with Crippen molar-refractivity contribution in [2.45, 2.75) is 6.54 Å². The Kier molecular flexibility index (Phi) is 3.73. The topological polar surface area (TPSA) is 82.3 Å². The summed E-state index contributed by atoms with van der Waals surface area (Å²) in [7, 11) is 3.13. The van der Waals surface area contributed by atoms with Gasteiger partial charge in [0, 0.05) is 0 Å². The quantitative estimate of drug-likeness (QED) is 0.824. The Bertz CT molecular complexity index is 505. The number of tetrazole rings is 1. The van der Waals surface area contributed by atoms with Gasteiger partial charge in [0.05, 0.1) is 27.4 Å². The number of benzene rings is 1. The lowest BCUT2D eigenvalue weighted by molar-refractivity contribution is 0.259. The van der Waals surface area contributed by atoms with Crippen molar-refractivity contribution >= 4 is 0 Å². The summed E-state index contributed by atoms with van der Waals surface area (Å²) in [5, 5.41) is 20.8. The molecule has 0 aliphatic rings. The van der Waals surface area contributed by atoms with Gasteiger partial charge < -0.3 is 14.6 Å². The lowest BCUT2D eigenvalue weighted by Gasteiger charge is -2.09. The molecule has 0 saturated heterocycles. The zero-order valence-electron chi connectivity index (χ0n) is 10.2. The summed E-state index contributed by atoms with van der Waals surface area (Å²) in [5.74, 6) is 1.62. The number of aliphatic hydroxyl groups is 1. The van der Waals surface area contributed by atoms with Gasteiger partial charge in [-0.15, -0.1) is 10.2 Å². The summed E-state index contributed by atoms with van der Waals surface area (Å²) in [4.78, 5) is 1.32. The highest BCUT2D eigenvalue weighted by Crippen LogP contribution is 2.35. The van der Waals surface area contributed by atoms with Gasteiger partial charge in [0.1, 0.15) is 17.1 Å². The number of hydrogen-bond donors (Lipinski definition) is 1. The van der Waals surface area contributed by atoms with Crippen LogP contribution >= 0.6 is 0 Å². The zero-order valence-corrected chi connectivity index (χ0v) is 10.2. The number of aromatic nitrogens is 4. The van der Waals surface area contributed by atoms with Gasteiger partial charge in [-0.05, 0) is 17.3 Å². The van der Waals surface area contributed by atoms with E-state index < -0.39 is 0 Å². The molecule has 0 saturated carbocycles. The van der Waals surface area contributed by atoms with Crippen LogP contribution in [0.25, 0.3) is 11.4 Å². The average Bonchev–Trinajstić information content (AvgIpc) is 2.86. The van der Waals surface area contributed by atoms with E-state index in [9.17, 15) is 0 Å². The molecule has 0 bridgehead atoms. The second-order valence-electron chi connectivity index (χ2n) is 3.47. The molecular weight excluding hydrogens is 236 g/mol. The van der Waals surface area contributed by atoms with Crippen LogP contribution in [0.2, 0.25) is 0 Å². The van der Waals surface area contributed by atoms with Crippen LogP contribution in [0.5, 0.6) is 11.5 Å². The molecule has 1 aromatic carbocycles. The predicted molar refractivity (Wildman–Crippen MR) is 63.4 cm³/mol. The fraction of sp³-hybridized carbons (Fsp3) is 0.364. The summed E-state index contributed by atoms with van der Waals surface area (Å²) in [5.41, 5.74) is 0.645. The molecule has 0 atom stereocenters. The highest BCUT2D eigenvalue weighted by molar-refractivity contribution is 5.71. The molecule has 18 heavy (non-hydrogen) atoms. The fourth-order valence-corrected chi connectivity index (χ4v) is 1.60. The molecule has 0 unspecified atom stereocenters. The molecule has 7 nitrogen and oxygen atoms in total. The monoisotopic (exact) mass is 250 g/mol. The first-order valence-electron chi connectivity index (χ1n) is 5.40. The van der Waals surface area contributed by atoms with Crippen molar-refractivity contribution in [3.8, 4) is 22.9 Å². The second kappa shape index (κ2) is 5.46. The van der Waals surface area contributed by atoms with Crippen LogP contribution in [-0.2, 0) is 6.54 Å². The van der Waals surface area contributed by atoms with Crippen LogP contribution in [0.3, 0.4) is 0 Å². The first-order valence-corrected chi connectivity index (χ1v) is 5.40. The predicted octanol–water partition coefficient (Wildman–Crippen LogP) is 0.350. The van der Waals surface area contributed by atoms with Gasteiger partial charge in [0.15, 0.2) is 0 Å². The summed E-state index contributed by atoms with van der Waals surface area (Å²) >= 11 is 0. The van der Waals surface area contributed by atoms with E-state index in [1.807, 2.05) is 6.07 Å². The molecule has 0 amide bonds. The van der Waals surface area contributed by atoms with Crippen LogP contribution in [0.4, 0.5) is 0 Å². The van der Waals surface area contributed by atoms with Crippen molar-refractivity contribution in [1.82, 2.24) is 20.2 Å². The van der Waals surface area contributed by atoms with Crippen molar-refractivity contribution in [2.24, 2.45) is 0 Å². The first kappa shape index (κ1) is 12.3. The van der Waals surface area contributed by atoms with Gasteiger partial charge in [-0.3, -0.25) is 0 Å². The average molecular weight is 250 g/mol. The largest absolute Gasteiger partial charge is 0.496 e. The van der Waals surface area contributed by atoms with Crippen molar-refractivity contribution in [3.05, 3.63) is 18.2 Å². The minimum atomic E-state index is -0.0428.